The highest BCUT2D eigenvalue weighted by molar-refractivity contribution is 7.17. The van der Waals surface area contributed by atoms with E-state index in [1.165, 1.54) is 12.0 Å². The van der Waals surface area contributed by atoms with Crippen molar-refractivity contribution in [3.05, 3.63) is 16.0 Å². The number of anilines is 1. The van der Waals surface area contributed by atoms with Gasteiger partial charge in [-0.05, 0) is 37.2 Å². The summed E-state index contributed by atoms with van der Waals surface area (Å²) in [7, 11) is 1.39. The second-order valence-electron chi connectivity index (χ2n) is 5.51. The second-order valence-corrected chi connectivity index (χ2v) is 6.62. The van der Waals surface area contributed by atoms with Crippen molar-refractivity contribution in [2.24, 2.45) is 5.92 Å². The van der Waals surface area contributed by atoms with Crippen LogP contribution >= 0.6 is 11.3 Å². The van der Waals surface area contributed by atoms with Gasteiger partial charge in [-0.15, -0.1) is 11.3 Å². The molecule has 1 amide bonds. The smallest absolute Gasteiger partial charge is 0.341 e. The first-order valence-corrected chi connectivity index (χ1v) is 8.44. The summed E-state index contributed by atoms with van der Waals surface area (Å²) < 4.78 is 4.91. The molecule has 21 heavy (non-hydrogen) atoms. The predicted octanol–water partition coefficient (Wildman–Crippen LogP) is 3.79. The van der Waals surface area contributed by atoms with Gasteiger partial charge in [0.25, 0.3) is 0 Å². The molecule has 1 aromatic rings. The van der Waals surface area contributed by atoms with E-state index in [1.54, 1.807) is 11.3 Å². The first-order chi connectivity index (χ1) is 10.1. The van der Waals surface area contributed by atoms with E-state index in [0.29, 0.717) is 22.9 Å². The van der Waals surface area contributed by atoms with Gasteiger partial charge in [-0.2, -0.15) is 0 Å². The summed E-state index contributed by atoms with van der Waals surface area (Å²) in [5.74, 6) is 0.309. The highest BCUT2D eigenvalue weighted by atomic mass is 32.1. The van der Waals surface area contributed by atoms with E-state index in [-0.39, 0.29) is 11.9 Å². The summed E-state index contributed by atoms with van der Waals surface area (Å²) in [5.41, 5.74) is 1.67. The molecule has 0 aromatic carbocycles. The molecule has 1 atom stereocenters. The molecule has 5 heteroatoms. The van der Waals surface area contributed by atoms with E-state index >= 15 is 0 Å². The van der Waals surface area contributed by atoms with Crippen molar-refractivity contribution in [3.63, 3.8) is 0 Å². The number of hydrogen-bond acceptors (Lipinski definition) is 4. The molecule has 4 nitrogen and oxygen atoms in total. The molecule has 0 saturated heterocycles. The summed E-state index contributed by atoms with van der Waals surface area (Å²) >= 11 is 1.55. The Bertz CT molecular complexity index is 536. The lowest BCUT2D eigenvalue weighted by atomic mass is 9.85. The number of carbonyl (C=O) groups excluding carboxylic acids is 2. The number of esters is 1. The molecule has 0 fully saturated rings. The maximum absolute atomic E-state index is 12.1. The Kier molecular flexibility index (Phi) is 5.39. The van der Waals surface area contributed by atoms with Crippen molar-refractivity contribution in [3.8, 4) is 0 Å². The summed E-state index contributed by atoms with van der Waals surface area (Å²) in [5, 5.41) is 3.56. The average molecular weight is 309 g/mol. The summed E-state index contributed by atoms with van der Waals surface area (Å²) in [6.45, 7) is 4.17. The zero-order valence-electron chi connectivity index (χ0n) is 13.0. The number of rotatable bonds is 5. The molecule has 1 N–H and O–H groups in total. The minimum Gasteiger partial charge on any atom is -0.465 e. The third-order valence-corrected chi connectivity index (χ3v) is 5.23. The molecule has 0 bridgehead atoms. The van der Waals surface area contributed by atoms with Gasteiger partial charge in [0, 0.05) is 11.3 Å². The summed E-state index contributed by atoms with van der Waals surface area (Å²) in [6, 6.07) is 0. The molecule has 1 heterocycles. The highest BCUT2D eigenvalue weighted by Gasteiger charge is 2.29. The van der Waals surface area contributed by atoms with Gasteiger partial charge in [-0.1, -0.05) is 20.3 Å². The molecule has 116 valence electrons. The number of thiophene rings is 1. The quantitative estimate of drug-likeness (QED) is 0.842. The number of fused-ring (bicyclic) bond motifs is 1. The zero-order valence-corrected chi connectivity index (χ0v) is 13.8. The Labute approximate surface area is 129 Å². The van der Waals surface area contributed by atoms with Gasteiger partial charge in [0.2, 0.25) is 5.91 Å². The van der Waals surface area contributed by atoms with Crippen LogP contribution in [0.1, 0.15) is 60.3 Å². The first-order valence-electron chi connectivity index (χ1n) is 7.63. The van der Waals surface area contributed by atoms with Gasteiger partial charge < -0.3 is 10.1 Å². The molecule has 0 aliphatic heterocycles. The summed E-state index contributed by atoms with van der Waals surface area (Å²) in [6.07, 6.45) is 5.43. The Morgan fingerprint density at radius 2 is 2.14 bits per heavy atom. The van der Waals surface area contributed by atoms with E-state index in [2.05, 4.69) is 12.2 Å². The van der Waals surface area contributed by atoms with Crippen LogP contribution in [0, 0.1) is 5.92 Å². The van der Waals surface area contributed by atoms with Crippen molar-refractivity contribution in [1.29, 1.82) is 0 Å². The van der Waals surface area contributed by atoms with Crippen LogP contribution in [0.4, 0.5) is 5.00 Å². The molecule has 1 aromatic heterocycles. The van der Waals surface area contributed by atoms with E-state index in [4.69, 9.17) is 4.74 Å². The minimum absolute atomic E-state index is 0.0340. The minimum atomic E-state index is -0.339. The third kappa shape index (κ3) is 3.46. The highest BCUT2D eigenvalue weighted by Crippen LogP contribution is 2.40. The molecule has 1 aliphatic carbocycles. The molecule has 0 saturated carbocycles. The van der Waals surface area contributed by atoms with E-state index in [9.17, 15) is 9.59 Å². The Morgan fingerprint density at radius 3 is 2.76 bits per heavy atom. The van der Waals surface area contributed by atoms with Gasteiger partial charge in [0.15, 0.2) is 0 Å². The maximum Gasteiger partial charge on any atom is 0.341 e. The largest absolute Gasteiger partial charge is 0.465 e. The van der Waals surface area contributed by atoms with Gasteiger partial charge in [0.05, 0.1) is 12.7 Å². The predicted molar refractivity (Wildman–Crippen MR) is 85.0 cm³/mol. The number of nitrogens with one attached hydrogen (secondary N) is 1. The van der Waals surface area contributed by atoms with E-state index in [1.807, 2.05) is 6.92 Å². The number of amides is 1. The van der Waals surface area contributed by atoms with Crippen LogP contribution in [0.2, 0.25) is 0 Å². The molecular weight excluding hydrogens is 286 g/mol. The summed E-state index contributed by atoms with van der Waals surface area (Å²) in [4.78, 5) is 25.2. The van der Waals surface area contributed by atoms with Crippen molar-refractivity contribution >= 4 is 28.2 Å². The standard InChI is InChI=1S/C16H23NO3S/c1-4-6-13(18)17-15-14(16(19)20-3)11-8-7-10(5-2)9-12(11)21-15/h10H,4-9H2,1-3H3,(H,17,18). The molecule has 0 spiro atoms. The number of carbonyl (C=O) groups is 2. The Morgan fingerprint density at radius 1 is 1.38 bits per heavy atom. The van der Waals surface area contributed by atoms with Gasteiger partial charge >= 0.3 is 5.97 Å². The fraction of sp³-hybridized carbons (Fsp3) is 0.625. The molecular formula is C16H23NO3S. The molecule has 0 radical (unpaired) electrons. The Balaban J connectivity index is 2.33. The topological polar surface area (TPSA) is 55.4 Å². The van der Waals surface area contributed by atoms with Crippen LogP contribution in [0.5, 0.6) is 0 Å². The lowest BCUT2D eigenvalue weighted by molar-refractivity contribution is -0.116. The number of methoxy groups -OCH3 is 1. The van der Waals surface area contributed by atoms with Crippen LogP contribution in [0.25, 0.3) is 0 Å². The van der Waals surface area contributed by atoms with Gasteiger partial charge in [-0.3, -0.25) is 4.79 Å². The second kappa shape index (κ2) is 7.07. The van der Waals surface area contributed by atoms with Crippen LogP contribution < -0.4 is 5.32 Å². The lowest BCUT2D eigenvalue weighted by Crippen LogP contribution is -2.16. The van der Waals surface area contributed by atoms with Gasteiger partial charge in [0.1, 0.15) is 5.00 Å². The fourth-order valence-corrected chi connectivity index (χ4v) is 4.19. The third-order valence-electron chi connectivity index (χ3n) is 4.06. The van der Waals surface area contributed by atoms with Crippen LogP contribution in [0.15, 0.2) is 0 Å². The van der Waals surface area contributed by atoms with Crippen molar-refractivity contribution < 1.29 is 14.3 Å². The van der Waals surface area contributed by atoms with E-state index < -0.39 is 0 Å². The van der Waals surface area contributed by atoms with Crippen LogP contribution in [-0.2, 0) is 22.4 Å². The molecule has 2 rings (SSSR count). The number of hydrogen-bond donors (Lipinski definition) is 1. The maximum atomic E-state index is 12.1. The first kappa shape index (κ1) is 16.0. The number of ether oxygens (including phenoxy) is 1. The van der Waals surface area contributed by atoms with E-state index in [0.717, 1.165) is 37.7 Å². The van der Waals surface area contributed by atoms with Crippen molar-refractivity contribution in [2.45, 2.75) is 52.4 Å². The van der Waals surface area contributed by atoms with Crippen LogP contribution in [0.3, 0.4) is 0 Å². The van der Waals surface area contributed by atoms with Crippen LogP contribution in [-0.4, -0.2) is 19.0 Å². The normalized spacial score (nSPS) is 17.2. The molecule has 1 aliphatic rings. The monoisotopic (exact) mass is 309 g/mol. The average Bonchev–Trinajstić information content (AvgIpc) is 2.83. The van der Waals surface area contributed by atoms with Crippen molar-refractivity contribution in [2.75, 3.05) is 12.4 Å². The van der Waals surface area contributed by atoms with Crippen molar-refractivity contribution in [1.82, 2.24) is 0 Å². The fourth-order valence-electron chi connectivity index (χ4n) is 2.82. The Hall–Kier alpha value is -1.36. The van der Waals surface area contributed by atoms with Gasteiger partial charge in [-0.25, -0.2) is 4.79 Å². The zero-order chi connectivity index (χ0) is 15.4. The lowest BCUT2D eigenvalue weighted by Gasteiger charge is -2.20. The molecule has 1 unspecified atom stereocenters. The SMILES string of the molecule is CCCC(=O)Nc1sc2c(c1C(=O)OC)CCC(CC)C2.